The number of aryl methyl sites for hydroxylation is 1. The first-order valence-electron chi connectivity index (χ1n) is 9.14. The van der Waals surface area contributed by atoms with E-state index in [-0.39, 0.29) is 16.4 Å². The van der Waals surface area contributed by atoms with Gasteiger partial charge in [0.25, 0.3) is 5.56 Å². The molecule has 4 aromatic rings. The summed E-state index contributed by atoms with van der Waals surface area (Å²) < 4.78 is 2.53. The van der Waals surface area contributed by atoms with Crippen molar-refractivity contribution in [3.63, 3.8) is 0 Å². The van der Waals surface area contributed by atoms with Crippen LogP contribution in [0.25, 0.3) is 31.7 Å². The molecule has 0 saturated heterocycles. The van der Waals surface area contributed by atoms with E-state index in [1.807, 2.05) is 49.4 Å². The predicted octanol–water partition coefficient (Wildman–Crippen LogP) is 4.75. The molecule has 5 heteroatoms. The molecular weight excluding hydrogens is 356 g/mol. The van der Waals surface area contributed by atoms with E-state index >= 15 is 0 Å². The van der Waals surface area contributed by atoms with Gasteiger partial charge in [0, 0.05) is 22.2 Å². The third-order valence-electron chi connectivity index (χ3n) is 4.82. The van der Waals surface area contributed by atoms with Crippen LogP contribution in [-0.2, 0) is 6.54 Å². The maximum absolute atomic E-state index is 13.3. The van der Waals surface area contributed by atoms with E-state index in [0.717, 1.165) is 28.7 Å². The minimum atomic E-state index is -0.237. The molecule has 0 spiro atoms. The average Bonchev–Trinajstić information content (AvgIpc) is 2.67. The van der Waals surface area contributed by atoms with Crippen LogP contribution >= 0.6 is 11.3 Å². The van der Waals surface area contributed by atoms with E-state index in [9.17, 15) is 9.59 Å². The number of hydrogen-bond acceptors (Lipinski definition) is 4. The molecule has 0 atom stereocenters. The Kier molecular flexibility index (Phi) is 4.62. The van der Waals surface area contributed by atoms with Crippen molar-refractivity contribution in [2.45, 2.75) is 33.2 Å². The van der Waals surface area contributed by atoms with Crippen LogP contribution in [0, 0.1) is 6.92 Å². The van der Waals surface area contributed by atoms with Crippen molar-refractivity contribution < 1.29 is 0 Å². The van der Waals surface area contributed by atoms with E-state index in [2.05, 4.69) is 6.92 Å². The number of fused-ring (bicyclic) bond motifs is 2. The van der Waals surface area contributed by atoms with Crippen LogP contribution in [0.4, 0.5) is 0 Å². The highest BCUT2D eigenvalue weighted by atomic mass is 32.1. The van der Waals surface area contributed by atoms with E-state index in [0.29, 0.717) is 22.6 Å². The summed E-state index contributed by atoms with van der Waals surface area (Å²) in [5, 5.41) is 0.784. The zero-order valence-electron chi connectivity index (χ0n) is 15.4. The van der Waals surface area contributed by atoms with E-state index < -0.39 is 0 Å². The number of aromatic nitrogens is 2. The summed E-state index contributed by atoms with van der Waals surface area (Å²) in [4.78, 5) is 31.7. The van der Waals surface area contributed by atoms with Crippen molar-refractivity contribution >= 4 is 31.6 Å². The largest absolute Gasteiger partial charge is 0.292 e. The van der Waals surface area contributed by atoms with Gasteiger partial charge in [-0.1, -0.05) is 49.7 Å². The molecule has 0 aliphatic heterocycles. The molecule has 136 valence electrons. The Morgan fingerprint density at radius 2 is 1.78 bits per heavy atom. The standard InChI is InChI=1S/C22H20N2O2S/c1-3-4-13-24-20(15-10-6-5-9-14(15)2)23-21-18(22(24)26)19(25)16-11-7-8-12-17(16)27-21/h5-12H,3-4,13H2,1-2H3. The summed E-state index contributed by atoms with van der Waals surface area (Å²) in [6.07, 6.45) is 1.82. The molecule has 0 aliphatic rings. The smallest absolute Gasteiger partial charge is 0.266 e. The molecule has 0 bridgehead atoms. The van der Waals surface area contributed by atoms with Gasteiger partial charge in [-0.3, -0.25) is 14.2 Å². The predicted molar refractivity (Wildman–Crippen MR) is 113 cm³/mol. The van der Waals surface area contributed by atoms with Crippen molar-refractivity contribution in [2.24, 2.45) is 0 Å². The molecule has 27 heavy (non-hydrogen) atoms. The summed E-state index contributed by atoms with van der Waals surface area (Å²) in [5.41, 5.74) is 1.53. The topological polar surface area (TPSA) is 52.0 Å². The van der Waals surface area contributed by atoms with Crippen molar-refractivity contribution in [1.29, 1.82) is 0 Å². The van der Waals surface area contributed by atoms with E-state index in [1.165, 1.54) is 11.3 Å². The van der Waals surface area contributed by atoms with E-state index in [1.54, 1.807) is 10.6 Å². The van der Waals surface area contributed by atoms with Crippen molar-refractivity contribution in [3.05, 3.63) is 74.7 Å². The van der Waals surface area contributed by atoms with Crippen LogP contribution in [0.15, 0.2) is 58.1 Å². The van der Waals surface area contributed by atoms with Gasteiger partial charge < -0.3 is 0 Å². The van der Waals surface area contributed by atoms with Crippen LogP contribution < -0.4 is 11.0 Å². The Morgan fingerprint density at radius 1 is 1.04 bits per heavy atom. The molecule has 0 amide bonds. The highest BCUT2D eigenvalue weighted by molar-refractivity contribution is 7.24. The molecule has 2 heterocycles. The van der Waals surface area contributed by atoms with Gasteiger partial charge in [-0.15, -0.1) is 11.3 Å². The minimum Gasteiger partial charge on any atom is -0.292 e. The molecule has 0 N–H and O–H groups in total. The molecule has 2 aromatic heterocycles. The number of nitrogens with zero attached hydrogens (tertiary/aromatic N) is 2. The highest BCUT2D eigenvalue weighted by Crippen LogP contribution is 2.26. The average molecular weight is 376 g/mol. The molecule has 0 fully saturated rings. The van der Waals surface area contributed by atoms with Gasteiger partial charge in [0.15, 0.2) is 0 Å². The summed E-state index contributed by atoms with van der Waals surface area (Å²) in [6, 6.07) is 15.3. The third-order valence-corrected chi connectivity index (χ3v) is 5.89. The number of hydrogen-bond donors (Lipinski definition) is 0. The van der Waals surface area contributed by atoms with Gasteiger partial charge in [0.2, 0.25) is 5.43 Å². The van der Waals surface area contributed by atoms with Crippen molar-refractivity contribution in [1.82, 2.24) is 9.55 Å². The lowest BCUT2D eigenvalue weighted by molar-refractivity contribution is 0.615. The number of rotatable bonds is 4. The minimum absolute atomic E-state index is 0.201. The second-order valence-corrected chi connectivity index (χ2v) is 7.70. The second-order valence-electron chi connectivity index (χ2n) is 6.67. The molecule has 0 radical (unpaired) electrons. The maximum Gasteiger partial charge on any atom is 0.266 e. The number of benzene rings is 2. The Balaban J connectivity index is 2.14. The summed E-state index contributed by atoms with van der Waals surface area (Å²) in [5.74, 6) is 0.644. The fourth-order valence-electron chi connectivity index (χ4n) is 3.34. The Labute approximate surface area is 160 Å². The van der Waals surface area contributed by atoms with Crippen LogP contribution in [0.5, 0.6) is 0 Å². The van der Waals surface area contributed by atoms with Gasteiger partial charge in [-0.05, 0) is 31.0 Å². The Bertz CT molecular complexity index is 1270. The van der Waals surface area contributed by atoms with Gasteiger partial charge in [-0.25, -0.2) is 4.98 Å². The summed E-state index contributed by atoms with van der Waals surface area (Å²) in [6.45, 7) is 4.65. The monoisotopic (exact) mass is 376 g/mol. The lowest BCUT2D eigenvalue weighted by Gasteiger charge is -2.14. The lowest BCUT2D eigenvalue weighted by Crippen LogP contribution is -2.27. The summed E-state index contributed by atoms with van der Waals surface area (Å²) in [7, 11) is 0. The quantitative estimate of drug-likeness (QED) is 0.483. The number of unbranched alkanes of at least 4 members (excludes halogenated alkanes) is 1. The van der Waals surface area contributed by atoms with Crippen molar-refractivity contribution in [3.8, 4) is 11.4 Å². The second kappa shape index (κ2) is 7.08. The molecule has 2 aromatic carbocycles. The molecule has 0 unspecified atom stereocenters. The summed E-state index contributed by atoms with van der Waals surface area (Å²) >= 11 is 1.40. The zero-order valence-corrected chi connectivity index (χ0v) is 16.2. The van der Waals surface area contributed by atoms with Gasteiger partial charge in [0.1, 0.15) is 16.0 Å². The Hall–Kier alpha value is -2.79. The zero-order chi connectivity index (χ0) is 19.0. The van der Waals surface area contributed by atoms with Crippen LogP contribution in [-0.4, -0.2) is 9.55 Å². The molecule has 4 nitrogen and oxygen atoms in total. The van der Waals surface area contributed by atoms with Crippen molar-refractivity contribution in [2.75, 3.05) is 0 Å². The fourth-order valence-corrected chi connectivity index (χ4v) is 4.38. The normalized spacial score (nSPS) is 11.3. The first-order chi connectivity index (χ1) is 13.1. The maximum atomic E-state index is 13.3. The van der Waals surface area contributed by atoms with Gasteiger partial charge in [0.05, 0.1) is 0 Å². The molecule has 4 rings (SSSR count). The van der Waals surface area contributed by atoms with E-state index in [4.69, 9.17) is 4.98 Å². The van der Waals surface area contributed by atoms with Gasteiger partial charge in [-0.2, -0.15) is 0 Å². The Morgan fingerprint density at radius 3 is 2.56 bits per heavy atom. The van der Waals surface area contributed by atoms with Gasteiger partial charge >= 0.3 is 0 Å². The first-order valence-corrected chi connectivity index (χ1v) is 9.96. The van der Waals surface area contributed by atoms with Crippen LogP contribution in [0.2, 0.25) is 0 Å². The lowest BCUT2D eigenvalue weighted by atomic mass is 10.1. The fraction of sp³-hybridized carbons (Fsp3) is 0.227. The molecule has 0 aliphatic carbocycles. The first kappa shape index (κ1) is 17.6. The van der Waals surface area contributed by atoms with Crippen LogP contribution in [0.3, 0.4) is 0 Å². The highest BCUT2D eigenvalue weighted by Gasteiger charge is 2.18. The SMILES string of the molecule is CCCCn1c(-c2ccccc2C)nc2sc3ccccc3c(=O)c2c1=O. The molecular formula is C22H20N2O2S. The third kappa shape index (κ3) is 2.98. The van der Waals surface area contributed by atoms with Crippen LogP contribution in [0.1, 0.15) is 25.3 Å². The molecule has 0 saturated carbocycles.